The fraction of sp³-hybridized carbons (Fsp3) is 0.643. The van der Waals surface area contributed by atoms with E-state index in [-0.39, 0.29) is 6.54 Å². The number of nitrogens with two attached hydrogens (primary N) is 1. The van der Waals surface area contributed by atoms with Crippen molar-refractivity contribution in [3.8, 4) is 5.75 Å². The quantitative estimate of drug-likeness (QED) is 0.451. The van der Waals surface area contributed by atoms with Gasteiger partial charge in [-0.15, -0.1) is 0 Å². The van der Waals surface area contributed by atoms with Gasteiger partial charge in [0.05, 0.1) is 24.1 Å². The number of methoxy groups -OCH3 is 1. The lowest BCUT2D eigenvalue weighted by Gasteiger charge is -2.40. The smallest absolute Gasteiger partial charge is 0.309 e. The molecule has 2 aliphatic rings. The first-order valence-electron chi connectivity index (χ1n) is 13.2. The lowest BCUT2D eigenvalue weighted by Crippen LogP contribution is -2.45. The van der Waals surface area contributed by atoms with Gasteiger partial charge in [-0.2, -0.15) is 0 Å². The third-order valence-electron chi connectivity index (χ3n) is 8.49. The summed E-state index contributed by atoms with van der Waals surface area (Å²) in [6.45, 7) is 2.97. The Labute approximate surface area is 208 Å². The number of carbonyl (C=O) groups is 1. The molecule has 4 rings (SSSR count). The second-order valence-electron chi connectivity index (χ2n) is 10.6. The Balaban J connectivity index is 1.42. The SMILES string of the molecule is COc1ccc2ncc(CN)c([C@H](O)CCC3(C(=O)O)CCN(CCC4CCCCC4)CC3)c2c1. The fourth-order valence-electron chi connectivity index (χ4n) is 6.09. The Bertz CT molecular complexity index is 992. The largest absolute Gasteiger partial charge is 0.497 e. The second kappa shape index (κ2) is 11.7. The molecule has 2 fully saturated rings. The van der Waals surface area contributed by atoms with E-state index in [9.17, 15) is 15.0 Å². The highest BCUT2D eigenvalue weighted by molar-refractivity contribution is 5.85. The van der Waals surface area contributed by atoms with Crippen LogP contribution in [0.4, 0.5) is 0 Å². The van der Waals surface area contributed by atoms with Crippen molar-refractivity contribution in [3.05, 3.63) is 35.5 Å². The zero-order chi connectivity index (χ0) is 24.8. The van der Waals surface area contributed by atoms with E-state index in [0.29, 0.717) is 31.4 Å². The molecular weight excluding hydrogens is 442 g/mol. The average Bonchev–Trinajstić information content (AvgIpc) is 2.90. The number of rotatable bonds is 10. The highest BCUT2D eigenvalue weighted by Crippen LogP contribution is 2.40. The standard InChI is InChI=1S/C28H41N3O4/c1-35-22-7-8-24-23(17-22)26(21(18-29)19-30-24)25(32)9-11-28(27(33)34)12-15-31(16-13-28)14-10-20-5-3-2-4-6-20/h7-8,17,19-20,25,32H,2-6,9-16,18,29H2,1H3,(H,33,34)/t25-/m1/s1. The summed E-state index contributed by atoms with van der Waals surface area (Å²) in [5.41, 5.74) is 7.47. The van der Waals surface area contributed by atoms with Crippen LogP contribution in [0.1, 0.15) is 81.4 Å². The summed E-state index contributed by atoms with van der Waals surface area (Å²) in [6.07, 6.45) is 11.0. The van der Waals surface area contributed by atoms with E-state index in [1.54, 1.807) is 13.3 Å². The molecule has 1 aliphatic carbocycles. The van der Waals surface area contributed by atoms with E-state index < -0.39 is 17.5 Å². The molecule has 2 aromatic rings. The number of benzene rings is 1. The molecule has 0 spiro atoms. The van der Waals surface area contributed by atoms with Gasteiger partial charge in [0.25, 0.3) is 0 Å². The number of piperidine rings is 1. The summed E-state index contributed by atoms with van der Waals surface area (Å²) in [5, 5.41) is 22.3. The molecule has 0 amide bonds. The summed E-state index contributed by atoms with van der Waals surface area (Å²) in [7, 11) is 1.61. The maximum atomic E-state index is 12.4. The molecule has 35 heavy (non-hydrogen) atoms. The van der Waals surface area contributed by atoms with Crippen LogP contribution in [0.15, 0.2) is 24.4 Å². The minimum atomic E-state index is -0.813. The zero-order valence-corrected chi connectivity index (χ0v) is 21.0. The van der Waals surface area contributed by atoms with E-state index in [2.05, 4.69) is 9.88 Å². The third kappa shape index (κ3) is 5.96. The molecule has 4 N–H and O–H groups in total. The van der Waals surface area contributed by atoms with Gasteiger partial charge in [0, 0.05) is 18.1 Å². The highest BCUT2D eigenvalue weighted by atomic mass is 16.5. The molecule has 192 valence electrons. The number of ether oxygens (including phenoxy) is 1. The van der Waals surface area contributed by atoms with Crippen LogP contribution in [-0.2, 0) is 11.3 Å². The number of carboxylic acid groups (broad SMARTS) is 1. The molecule has 0 unspecified atom stereocenters. The maximum absolute atomic E-state index is 12.4. The number of aliphatic hydroxyl groups excluding tert-OH is 1. The number of pyridine rings is 1. The summed E-state index contributed by atoms with van der Waals surface area (Å²) in [6, 6.07) is 5.58. The van der Waals surface area contributed by atoms with Crippen LogP contribution in [0.2, 0.25) is 0 Å². The highest BCUT2D eigenvalue weighted by Gasteiger charge is 2.41. The van der Waals surface area contributed by atoms with Crippen molar-refractivity contribution in [2.75, 3.05) is 26.7 Å². The molecule has 1 aromatic carbocycles. The molecular formula is C28H41N3O4. The number of carboxylic acids is 1. The van der Waals surface area contributed by atoms with Gasteiger partial charge in [-0.3, -0.25) is 9.78 Å². The van der Waals surface area contributed by atoms with Gasteiger partial charge in [-0.25, -0.2) is 0 Å². The number of fused-ring (bicyclic) bond motifs is 1. The topological polar surface area (TPSA) is 109 Å². The Morgan fingerprint density at radius 1 is 1.26 bits per heavy atom. The first kappa shape index (κ1) is 25.9. The molecule has 0 radical (unpaired) electrons. The van der Waals surface area contributed by atoms with Gasteiger partial charge in [0.15, 0.2) is 0 Å². The Kier molecular flexibility index (Phi) is 8.63. The van der Waals surface area contributed by atoms with Gasteiger partial charge in [0.1, 0.15) is 5.75 Å². The van der Waals surface area contributed by atoms with Crippen molar-refractivity contribution >= 4 is 16.9 Å². The van der Waals surface area contributed by atoms with Crippen LogP contribution in [0.5, 0.6) is 5.75 Å². The van der Waals surface area contributed by atoms with Gasteiger partial charge >= 0.3 is 5.97 Å². The Morgan fingerprint density at radius 2 is 2.00 bits per heavy atom. The van der Waals surface area contributed by atoms with Crippen LogP contribution >= 0.6 is 0 Å². The summed E-state index contributed by atoms with van der Waals surface area (Å²) in [4.78, 5) is 19.3. The molecule has 7 nitrogen and oxygen atoms in total. The van der Waals surface area contributed by atoms with Crippen LogP contribution in [-0.4, -0.2) is 52.8 Å². The predicted octanol–water partition coefficient (Wildman–Crippen LogP) is 4.65. The molecule has 0 bridgehead atoms. The monoisotopic (exact) mass is 483 g/mol. The summed E-state index contributed by atoms with van der Waals surface area (Å²) < 4.78 is 5.38. The van der Waals surface area contributed by atoms with Crippen molar-refractivity contribution in [2.24, 2.45) is 17.1 Å². The van der Waals surface area contributed by atoms with Crippen LogP contribution < -0.4 is 10.5 Å². The van der Waals surface area contributed by atoms with Crippen molar-refractivity contribution in [1.29, 1.82) is 0 Å². The van der Waals surface area contributed by atoms with E-state index in [0.717, 1.165) is 47.6 Å². The van der Waals surface area contributed by atoms with Crippen molar-refractivity contribution < 1.29 is 19.7 Å². The number of likely N-dealkylation sites (tertiary alicyclic amines) is 1. The van der Waals surface area contributed by atoms with E-state index in [1.165, 1.54) is 38.5 Å². The molecule has 7 heteroatoms. The fourth-order valence-corrected chi connectivity index (χ4v) is 6.09. The van der Waals surface area contributed by atoms with Crippen molar-refractivity contribution in [2.45, 2.75) is 76.9 Å². The average molecular weight is 484 g/mol. The minimum absolute atomic E-state index is 0.257. The van der Waals surface area contributed by atoms with Gasteiger partial charge in [-0.1, -0.05) is 32.1 Å². The lowest BCUT2D eigenvalue weighted by atomic mass is 9.73. The number of hydrogen-bond donors (Lipinski definition) is 3. The van der Waals surface area contributed by atoms with Crippen LogP contribution in [0, 0.1) is 11.3 Å². The third-order valence-corrected chi connectivity index (χ3v) is 8.49. The number of aliphatic carboxylic acids is 1. The molecule has 1 aliphatic heterocycles. The zero-order valence-electron chi connectivity index (χ0n) is 21.0. The maximum Gasteiger partial charge on any atom is 0.309 e. The van der Waals surface area contributed by atoms with Gasteiger partial charge < -0.3 is 25.6 Å². The Morgan fingerprint density at radius 3 is 2.66 bits per heavy atom. The number of nitrogens with zero attached hydrogens (tertiary/aromatic N) is 2. The van der Waals surface area contributed by atoms with Crippen LogP contribution in [0.25, 0.3) is 10.9 Å². The van der Waals surface area contributed by atoms with E-state index in [1.807, 2.05) is 18.2 Å². The van der Waals surface area contributed by atoms with E-state index in [4.69, 9.17) is 10.5 Å². The van der Waals surface area contributed by atoms with Crippen molar-refractivity contribution in [3.63, 3.8) is 0 Å². The lowest BCUT2D eigenvalue weighted by molar-refractivity contribution is -0.153. The summed E-state index contributed by atoms with van der Waals surface area (Å²) >= 11 is 0. The first-order valence-corrected chi connectivity index (χ1v) is 13.2. The van der Waals surface area contributed by atoms with E-state index >= 15 is 0 Å². The molecule has 1 atom stereocenters. The molecule has 1 aromatic heterocycles. The molecule has 1 saturated carbocycles. The summed E-state index contributed by atoms with van der Waals surface area (Å²) in [5.74, 6) is 0.789. The predicted molar refractivity (Wildman–Crippen MR) is 137 cm³/mol. The van der Waals surface area contributed by atoms with Crippen LogP contribution in [0.3, 0.4) is 0 Å². The second-order valence-corrected chi connectivity index (χ2v) is 10.6. The number of hydrogen-bond acceptors (Lipinski definition) is 6. The van der Waals surface area contributed by atoms with Crippen molar-refractivity contribution in [1.82, 2.24) is 9.88 Å². The molecule has 1 saturated heterocycles. The normalized spacial score (nSPS) is 20.1. The Hall–Kier alpha value is -2.22. The first-order chi connectivity index (χ1) is 17.0. The van der Waals surface area contributed by atoms with Gasteiger partial charge in [0.2, 0.25) is 0 Å². The minimum Gasteiger partial charge on any atom is -0.497 e. The number of aliphatic hydroxyl groups is 1. The van der Waals surface area contributed by atoms with Gasteiger partial charge in [-0.05, 0) is 87.0 Å². The molecule has 2 heterocycles. The number of aromatic nitrogens is 1.